The van der Waals surface area contributed by atoms with Crippen LogP contribution in [-0.4, -0.2) is 37.4 Å². The number of likely N-dealkylation sites (N-methyl/N-ethyl adjacent to an activating group) is 1. The maximum Gasteiger partial charge on any atom is 0.0801 e. The van der Waals surface area contributed by atoms with Gasteiger partial charge in [-0.15, -0.1) is 0 Å². The minimum Gasteiger partial charge on any atom is -0.390 e. The fraction of sp³-hybridized carbons (Fsp3) is 0.833. The summed E-state index contributed by atoms with van der Waals surface area (Å²) >= 11 is 0. The molecule has 0 spiro atoms. The molecule has 3 nitrogen and oxygen atoms in total. The van der Waals surface area contributed by atoms with Crippen molar-refractivity contribution in [1.29, 1.82) is 0 Å². The number of rotatable bonds is 1. The first-order valence-corrected chi connectivity index (χ1v) is 3.25. The van der Waals surface area contributed by atoms with E-state index >= 15 is 0 Å². The van der Waals surface area contributed by atoms with E-state index in [1.54, 1.807) is 0 Å². The third-order valence-corrected chi connectivity index (χ3v) is 1.66. The maximum atomic E-state index is 5.14. The summed E-state index contributed by atoms with van der Waals surface area (Å²) in [5.74, 6) is 0. The quantitative estimate of drug-likeness (QED) is 0.387. The molecule has 9 heavy (non-hydrogen) atoms. The Hall–Kier alpha value is -0.570. The third-order valence-electron chi connectivity index (χ3n) is 1.66. The third kappa shape index (κ3) is 1.68. The molecule has 1 rings (SSSR count). The Morgan fingerprint density at radius 2 is 2.56 bits per heavy atom. The first-order valence-electron chi connectivity index (χ1n) is 3.25. The zero-order valence-corrected chi connectivity index (χ0v) is 5.75. The van der Waals surface area contributed by atoms with Crippen molar-refractivity contribution in [3.8, 4) is 0 Å². The highest BCUT2D eigenvalue weighted by Crippen LogP contribution is 2.08. The van der Waals surface area contributed by atoms with Crippen LogP contribution in [0.2, 0.25) is 0 Å². The first-order chi connectivity index (χ1) is 4.33. The smallest absolute Gasteiger partial charge is 0.0801 e. The Labute approximate surface area is 55.6 Å². The van der Waals surface area contributed by atoms with Crippen LogP contribution >= 0.6 is 0 Å². The molecule has 52 valence electrons. The van der Waals surface area contributed by atoms with Crippen LogP contribution in [-0.2, 0) is 0 Å². The minimum atomic E-state index is 0.458. The number of hydrogen-bond donors (Lipinski definition) is 1. The second-order valence-electron chi connectivity index (χ2n) is 2.50. The number of nitrogens with zero attached hydrogens (tertiary/aromatic N) is 2. The molecule has 1 aliphatic heterocycles. The molecule has 2 N–H and O–H groups in total. The average molecular weight is 127 g/mol. The molecule has 1 fully saturated rings. The molecule has 0 aromatic carbocycles. The van der Waals surface area contributed by atoms with Crippen LogP contribution < -0.4 is 5.73 Å². The standard InChI is InChI=1S/C6H13N3/c1-9-3-2-6(4-9)8-5-7/h5-6H,2-4H2,1H3,(H2,7,8)/t6-/m0/s1. The Morgan fingerprint density at radius 1 is 1.78 bits per heavy atom. The molecule has 0 saturated carbocycles. The molecule has 3 heteroatoms. The van der Waals surface area contributed by atoms with Gasteiger partial charge in [0.2, 0.25) is 0 Å². The average Bonchev–Trinajstić information content (AvgIpc) is 2.17. The monoisotopic (exact) mass is 127 g/mol. The van der Waals surface area contributed by atoms with E-state index in [0.717, 1.165) is 19.5 Å². The Morgan fingerprint density at radius 3 is 3.00 bits per heavy atom. The summed E-state index contributed by atoms with van der Waals surface area (Å²) in [7, 11) is 2.10. The van der Waals surface area contributed by atoms with E-state index in [4.69, 9.17) is 5.73 Å². The van der Waals surface area contributed by atoms with Crippen molar-refractivity contribution >= 4 is 6.34 Å². The lowest BCUT2D eigenvalue weighted by Gasteiger charge is -2.04. The zero-order valence-electron chi connectivity index (χ0n) is 5.75. The van der Waals surface area contributed by atoms with E-state index in [1.165, 1.54) is 6.34 Å². The van der Waals surface area contributed by atoms with E-state index < -0.39 is 0 Å². The molecule has 0 aliphatic carbocycles. The van der Waals surface area contributed by atoms with E-state index in [1.807, 2.05) is 0 Å². The van der Waals surface area contributed by atoms with Crippen LogP contribution in [0.1, 0.15) is 6.42 Å². The van der Waals surface area contributed by atoms with Gasteiger partial charge >= 0.3 is 0 Å². The zero-order chi connectivity index (χ0) is 6.69. The summed E-state index contributed by atoms with van der Waals surface area (Å²) in [6.07, 6.45) is 2.56. The maximum absolute atomic E-state index is 5.14. The van der Waals surface area contributed by atoms with Crippen LogP contribution in [0.25, 0.3) is 0 Å². The van der Waals surface area contributed by atoms with Gasteiger partial charge in [-0.25, -0.2) is 0 Å². The van der Waals surface area contributed by atoms with Crippen molar-refractivity contribution in [2.45, 2.75) is 12.5 Å². The topological polar surface area (TPSA) is 41.6 Å². The molecule has 0 bridgehead atoms. The van der Waals surface area contributed by atoms with Gasteiger partial charge in [0, 0.05) is 6.54 Å². The second-order valence-corrected chi connectivity index (χ2v) is 2.50. The minimum absolute atomic E-state index is 0.458. The van der Waals surface area contributed by atoms with Gasteiger partial charge in [0.15, 0.2) is 0 Å². The summed E-state index contributed by atoms with van der Waals surface area (Å²) in [4.78, 5) is 6.35. The molecular weight excluding hydrogens is 114 g/mol. The van der Waals surface area contributed by atoms with Crippen LogP contribution in [0.5, 0.6) is 0 Å². The van der Waals surface area contributed by atoms with E-state index in [0.29, 0.717) is 6.04 Å². The van der Waals surface area contributed by atoms with E-state index in [-0.39, 0.29) is 0 Å². The molecule has 0 aromatic rings. The predicted molar refractivity (Wildman–Crippen MR) is 38.6 cm³/mol. The molecule has 0 radical (unpaired) electrons. The Balaban J connectivity index is 2.30. The largest absolute Gasteiger partial charge is 0.390 e. The van der Waals surface area contributed by atoms with E-state index in [2.05, 4.69) is 16.9 Å². The second kappa shape index (κ2) is 2.82. The molecule has 0 aromatic heterocycles. The van der Waals surface area contributed by atoms with Gasteiger partial charge < -0.3 is 10.6 Å². The number of aliphatic imine (C=N–C) groups is 1. The number of likely N-dealkylation sites (tertiary alicyclic amines) is 1. The van der Waals surface area contributed by atoms with E-state index in [9.17, 15) is 0 Å². The van der Waals surface area contributed by atoms with Crippen molar-refractivity contribution in [2.75, 3.05) is 20.1 Å². The van der Waals surface area contributed by atoms with Crippen molar-refractivity contribution in [3.05, 3.63) is 0 Å². The summed E-state index contributed by atoms with van der Waals surface area (Å²) < 4.78 is 0. The first kappa shape index (κ1) is 6.55. The highest BCUT2D eigenvalue weighted by atomic mass is 15.1. The van der Waals surface area contributed by atoms with Gasteiger partial charge in [0.1, 0.15) is 0 Å². The summed E-state index contributed by atoms with van der Waals surface area (Å²) in [6, 6.07) is 0.458. The van der Waals surface area contributed by atoms with Crippen LogP contribution in [0, 0.1) is 0 Å². The lowest BCUT2D eigenvalue weighted by atomic mass is 10.3. The summed E-state index contributed by atoms with van der Waals surface area (Å²) in [5.41, 5.74) is 5.14. The Kier molecular flexibility index (Phi) is 2.05. The molecule has 1 heterocycles. The number of hydrogen-bond acceptors (Lipinski definition) is 2. The van der Waals surface area contributed by atoms with Gasteiger partial charge in [-0.2, -0.15) is 0 Å². The molecule has 0 amide bonds. The van der Waals surface area contributed by atoms with Gasteiger partial charge in [-0.05, 0) is 20.0 Å². The summed E-state index contributed by atoms with van der Waals surface area (Å²) in [5, 5.41) is 0. The van der Waals surface area contributed by atoms with Crippen LogP contribution in [0.4, 0.5) is 0 Å². The molecule has 1 saturated heterocycles. The van der Waals surface area contributed by atoms with Gasteiger partial charge in [-0.3, -0.25) is 4.99 Å². The van der Waals surface area contributed by atoms with Crippen molar-refractivity contribution in [3.63, 3.8) is 0 Å². The fourth-order valence-electron chi connectivity index (χ4n) is 1.16. The SMILES string of the molecule is CN1CC[C@H](N=CN)C1. The lowest BCUT2D eigenvalue weighted by Crippen LogP contribution is -2.15. The molecule has 1 atom stereocenters. The molecule has 0 unspecified atom stereocenters. The molecule has 1 aliphatic rings. The highest BCUT2D eigenvalue weighted by molar-refractivity contribution is 5.51. The van der Waals surface area contributed by atoms with Crippen LogP contribution in [0.3, 0.4) is 0 Å². The predicted octanol–water partition coefficient (Wildman–Crippen LogP) is -0.323. The normalized spacial score (nSPS) is 30.1. The van der Waals surface area contributed by atoms with Gasteiger partial charge in [0.05, 0.1) is 12.4 Å². The molecular formula is C6H13N3. The fourth-order valence-corrected chi connectivity index (χ4v) is 1.16. The number of nitrogens with two attached hydrogens (primary N) is 1. The Bertz CT molecular complexity index is 111. The summed E-state index contributed by atoms with van der Waals surface area (Å²) in [6.45, 7) is 2.22. The van der Waals surface area contributed by atoms with Crippen molar-refractivity contribution in [1.82, 2.24) is 4.90 Å². The van der Waals surface area contributed by atoms with Gasteiger partial charge in [-0.1, -0.05) is 0 Å². The van der Waals surface area contributed by atoms with Crippen LogP contribution in [0.15, 0.2) is 4.99 Å². The van der Waals surface area contributed by atoms with Crippen molar-refractivity contribution in [2.24, 2.45) is 10.7 Å². The van der Waals surface area contributed by atoms with Crippen molar-refractivity contribution < 1.29 is 0 Å². The lowest BCUT2D eigenvalue weighted by molar-refractivity contribution is 0.412. The van der Waals surface area contributed by atoms with Gasteiger partial charge in [0.25, 0.3) is 0 Å². The highest BCUT2D eigenvalue weighted by Gasteiger charge is 2.16.